The molecule has 0 bridgehead atoms. The van der Waals surface area contributed by atoms with Crippen molar-refractivity contribution in [1.29, 1.82) is 0 Å². The molecule has 0 amide bonds. The van der Waals surface area contributed by atoms with E-state index in [4.69, 9.17) is 5.73 Å². The van der Waals surface area contributed by atoms with E-state index in [-0.39, 0.29) is 0 Å². The first kappa shape index (κ1) is 12.3. The molecule has 12 heavy (non-hydrogen) atoms. The van der Waals surface area contributed by atoms with Crippen LogP contribution in [0.25, 0.3) is 0 Å². The number of thiol groups is 1. The van der Waals surface area contributed by atoms with Crippen molar-refractivity contribution < 1.29 is 0 Å². The highest BCUT2D eigenvalue weighted by Crippen LogP contribution is 2.10. The minimum atomic E-state index is 0.427. The van der Waals surface area contributed by atoms with Gasteiger partial charge < -0.3 is 5.73 Å². The van der Waals surface area contributed by atoms with Crippen LogP contribution in [0, 0.1) is 0 Å². The smallest absolute Gasteiger partial charge is 0.0140 e. The largest absolute Gasteiger partial charge is 0.329 e. The van der Waals surface area contributed by atoms with Crippen molar-refractivity contribution in [2.45, 2.75) is 57.1 Å². The Bertz CT molecular complexity index is 85.9. The van der Waals surface area contributed by atoms with Crippen molar-refractivity contribution in [2.75, 3.05) is 6.54 Å². The molecule has 1 unspecified atom stereocenters. The Morgan fingerprint density at radius 3 is 2.25 bits per heavy atom. The Morgan fingerprint density at radius 1 is 1.08 bits per heavy atom. The summed E-state index contributed by atoms with van der Waals surface area (Å²) in [5.74, 6) is 0. The van der Waals surface area contributed by atoms with Crippen LogP contribution in [0.15, 0.2) is 0 Å². The molecule has 0 saturated heterocycles. The van der Waals surface area contributed by atoms with Crippen LogP contribution < -0.4 is 5.73 Å². The highest BCUT2D eigenvalue weighted by molar-refractivity contribution is 7.81. The average molecular weight is 189 g/mol. The van der Waals surface area contributed by atoms with Crippen molar-refractivity contribution >= 4 is 12.6 Å². The van der Waals surface area contributed by atoms with E-state index in [1.165, 1.54) is 44.9 Å². The van der Waals surface area contributed by atoms with E-state index in [1.54, 1.807) is 0 Å². The van der Waals surface area contributed by atoms with E-state index in [0.29, 0.717) is 5.25 Å². The Balaban J connectivity index is 2.90. The van der Waals surface area contributed by atoms with E-state index in [2.05, 4.69) is 19.6 Å². The maximum Gasteiger partial charge on any atom is 0.0140 e. The van der Waals surface area contributed by atoms with E-state index < -0.39 is 0 Å². The van der Waals surface area contributed by atoms with Crippen molar-refractivity contribution in [3.8, 4) is 0 Å². The summed E-state index contributed by atoms with van der Waals surface area (Å²) in [6, 6.07) is 0. The minimum absolute atomic E-state index is 0.427. The third kappa shape index (κ3) is 8.41. The van der Waals surface area contributed by atoms with Crippen molar-refractivity contribution in [3.05, 3.63) is 0 Å². The first-order valence-corrected chi connectivity index (χ1v) is 5.71. The fraction of sp³-hybridized carbons (Fsp3) is 1.00. The minimum Gasteiger partial charge on any atom is -0.329 e. The molecule has 0 aromatic rings. The van der Waals surface area contributed by atoms with Gasteiger partial charge in [-0.05, 0) is 6.42 Å². The zero-order valence-electron chi connectivity index (χ0n) is 8.26. The highest BCUT2D eigenvalue weighted by atomic mass is 32.1. The predicted octanol–water partition coefficient (Wildman–Crippen LogP) is 2.99. The fourth-order valence-corrected chi connectivity index (χ4v) is 1.46. The highest BCUT2D eigenvalue weighted by Gasteiger charge is 1.98. The SMILES string of the molecule is CCCCCCCCC(S)CN. The molecule has 0 radical (unpaired) electrons. The molecule has 1 nitrogen and oxygen atoms in total. The van der Waals surface area contributed by atoms with Gasteiger partial charge in [0.15, 0.2) is 0 Å². The van der Waals surface area contributed by atoms with E-state index >= 15 is 0 Å². The van der Waals surface area contributed by atoms with Gasteiger partial charge in [0.2, 0.25) is 0 Å². The quantitative estimate of drug-likeness (QED) is 0.445. The third-order valence-corrected chi connectivity index (χ3v) is 2.63. The first-order chi connectivity index (χ1) is 5.81. The summed E-state index contributed by atoms with van der Waals surface area (Å²) in [5.41, 5.74) is 5.46. The van der Waals surface area contributed by atoms with Crippen molar-refractivity contribution in [3.63, 3.8) is 0 Å². The number of nitrogens with two attached hydrogens (primary N) is 1. The van der Waals surface area contributed by atoms with Crippen LogP contribution >= 0.6 is 12.6 Å². The second-order valence-corrected chi connectivity index (χ2v) is 4.18. The maximum atomic E-state index is 5.46. The molecule has 0 saturated carbocycles. The van der Waals surface area contributed by atoms with Gasteiger partial charge in [0.05, 0.1) is 0 Å². The van der Waals surface area contributed by atoms with Crippen molar-refractivity contribution in [1.82, 2.24) is 0 Å². The fourth-order valence-electron chi connectivity index (χ4n) is 1.28. The molecule has 0 heterocycles. The van der Waals surface area contributed by atoms with Crippen LogP contribution in [0.1, 0.15) is 51.9 Å². The molecule has 0 aliphatic carbocycles. The number of unbranched alkanes of at least 4 members (excludes halogenated alkanes) is 5. The molecule has 0 rings (SSSR count). The third-order valence-electron chi connectivity index (χ3n) is 2.16. The summed E-state index contributed by atoms with van der Waals surface area (Å²) < 4.78 is 0. The number of rotatable bonds is 8. The summed E-state index contributed by atoms with van der Waals surface area (Å²) in [6.45, 7) is 2.97. The van der Waals surface area contributed by atoms with Crippen LogP contribution in [0.4, 0.5) is 0 Å². The van der Waals surface area contributed by atoms with Crippen molar-refractivity contribution in [2.24, 2.45) is 5.73 Å². The van der Waals surface area contributed by atoms with Crippen LogP contribution in [-0.2, 0) is 0 Å². The van der Waals surface area contributed by atoms with Crippen LogP contribution in [-0.4, -0.2) is 11.8 Å². The zero-order valence-corrected chi connectivity index (χ0v) is 9.15. The van der Waals surface area contributed by atoms with E-state index in [0.717, 1.165) is 6.54 Å². The standard InChI is InChI=1S/C10H23NS/c1-2-3-4-5-6-7-8-10(12)9-11/h10,12H,2-9,11H2,1H3. The van der Waals surface area contributed by atoms with Crippen LogP contribution in [0.3, 0.4) is 0 Å². The summed E-state index contributed by atoms with van der Waals surface area (Å²) >= 11 is 4.35. The Kier molecular flexibility index (Phi) is 9.64. The second kappa shape index (κ2) is 9.40. The molecule has 0 aromatic heterocycles. The molecule has 0 aliphatic heterocycles. The average Bonchev–Trinajstić information content (AvgIpc) is 2.10. The molecule has 74 valence electrons. The summed E-state index contributed by atoms with van der Waals surface area (Å²) in [7, 11) is 0. The Hall–Kier alpha value is 0.310. The first-order valence-electron chi connectivity index (χ1n) is 5.19. The monoisotopic (exact) mass is 189 g/mol. The Morgan fingerprint density at radius 2 is 1.67 bits per heavy atom. The molecular weight excluding hydrogens is 166 g/mol. The molecule has 1 atom stereocenters. The van der Waals surface area contributed by atoms with Gasteiger partial charge in [-0.25, -0.2) is 0 Å². The van der Waals surface area contributed by atoms with Gasteiger partial charge in [-0.3, -0.25) is 0 Å². The lowest BCUT2D eigenvalue weighted by molar-refractivity contribution is 0.583. The topological polar surface area (TPSA) is 26.0 Å². The zero-order chi connectivity index (χ0) is 9.23. The summed E-state index contributed by atoms with van der Waals surface area (Å²) in [6.07, 6.45) is 9.35. The molecule has 0 aromatic carbocycles. The lowest BCUT2D eigenvalue weighted by Gasteiger charge is -2.06. The van der Waals surface area contributed by atoms with Gasteiger partial charge in [0, 0.05) is 11.8 Å². The Labute approximate surface area is 82.5 Å². The summed E-state index contributed by atoms with van der Waals surface area (Å²) in [5, 5.41) is 0.427. The van der Waals surface area contributed by atoms with Gasteiger partial charge in [-0.1, -0.05) is 45.4 Å². The van der Waals surface area contributed by atoms with Gasteiger partial charge in [-0.15, -0.1) is 0 Å². The normalized spacial score (nSPS) is 13.2. The summed E-state index contributed by atoms with van der Waals surface area (Å²) in [4.78, 5) is 0. The molecule has 0 spiro atoms. The lowest BCUT2D eigenvalue weighted by Crippen LogP contribution is -2.13. The number of hydrogen-bond acceptors (Lipinski definition) is 2. The van der Waals surface area contributed by atoms with Crippen LogP contribution in [0.5, 0.6) is 0 Å². The number of hydrogen-bond donors (Lipinski definition) is 2. The predicted molar refractivity (Wildman–Crippen MR) is 59.8 cm³/mol. The van der Waals surface area contributed by atoms with Gasteiger partial charge in [0.1, 0.15) is 0 Å². The van der Waals surface area contributed by atoms with Crippen LogP contribution in [0.2, 0.25) is 0 Å². The van der Waals surface area contributed by atoms with E-state index in [9.17, 15) is 0 Å². The molecule has 0 aliphatic rings. The molecular formula is C10H23NS. The molecule has 2 N–H and O–H groups in total. The van der Waals surface area contributed by atoms with Gasteiger partial charge in [-0.2, -0.15) is 12.6 Å². The molecule has 0 fully saturated rings. The maximum absolute atomic E-state index is 5.46. The van der Waals surface area contributed by atoms with Gasteiger partial charge >= 0.3 is 0 Å². The second-order valence-electron chi connectivity index (χ2n) is 3.45. The van der Waals surface area contributed by atoms with E-state index in [1.807, 2.05) is 0 Å². The van der Waals surface area contributed by atoms with Gasteiger partial charge in [0.25, 0.3) is 0 Å². The lowest BCUT2D eigenvalue weighted by atomic mass is 10.1. The molecule has 2 heteroatoms.